The molecule has 328 valence electrons. The van der Waals surface area contributed by atoms with Gasteiger partial charge in [0.05, 0.1) is 0 Å². The van der Waals surface area contributed by atoms with Crippen molar-refractivity contribution in [1.82, 2.24) is 0 Å². The minimum atomic E-state index is -0.0766. The molecule has 0 atom stereocenters. The molecule has 2 aliphatic heterocycles. The van der Waals surface area contributed by atoms with E-state index in [2.05, 4.69) is 284 Å². The maximum Gasteiger partial charge on any atom is 0.252 e. The minimum Gasteiger partial charge on any atom is -0.311 e. The Kier molecular flexibility index (Phi) is 10.2. The van der Waals surface area contributed by atoms with E-state index in [4.69, 9.17) is 0 Å². The second-order valence-electron chi connectivity index (χ2n) is 18.6. The van der Waals surface area contributed by atoms with E-state index in [9.17, 15) is 0 Å². The van der Waals surface area contributed by atoms with Gasteiger partial charge in [0, 0.05) is 34.1 Å². The summed E-state index contributed by atoms with van der Waals surface area (Å²) in [6, 6.07) is 98.4. The minimum absolute atomic E-state index is 0.0766. The number of hydrogen-bond acceptors (Lipinski definition) is 2. The second kappa shape index (κ2) is 17.3. The first kappa shape index (κ1) is 41.3. The van der Waals surface area contributed by atoms with Crippen LogP contribution in [0.25, 0.3) is 66.8 Å². The Hall–Kier alpha value is -8.92. The SMILES string of the molecule is Cc1cc2c3c(c1)N(c1cc(-c4ccccc4)cc(-c4ccccc4)c1)c1ccc(-c4ccccc4)cc1B3c1cc(-c3ccccc3)ccc1N2c1cc(-c2ccccc2)cc(-c2ccccc2)c1. The summed E-state index contributed by atoms with van der Waals surface area (Å²) in [5, 5.41) is 0. The van der Waals surface area contributed by atoms with Crippen LogP contribution in [0.2, 0.25) is 0 Å². The summed E-state index contributed by atoms with van der Waals surface area (Å²) in [5.41, 5.74) is 26.2. The Balaban J connectivity index is 1.13. The van der Waals surface area contributed by atoms with Crippen molar-refractivity contribution in [3.8, 4) is 66.8 Å². The van der Waals surface area contributed by atoms with E-state index in [1.165, 1.54) is 111 Å². The van der Waals surface area contributed by atoms with Crippen LogP contribution in [-0.4, -0.2) is 6.71 Å². The Bertz CT molecular complexity index is 3350. The van der Waals surface area contributed by atoms with E-state index < -0.39 is 0 Å². The average molecular weight is 891 g/mol. The van der Waals surface area contributed by atoms with Gasteiger partial charge in [0.1, 0.15) is 0 Å². The molecule has 3 heteroatoms. The monoisotopic (exact) mass is 890 g/mol. The molecule has 11 aromatic carbocycles. The Morgan fingerprint density at radius 3 is 0.829 bits per heavy atom. The molecule has 0 aliphatic carbocycles. The molecular weight excluding hydrogens is 844 g/mol. The van der Waals surface area contributed by atoms with Crippen LogP contribution >= 0.6 is 0 Å². The number of rotatable bonds is 8. The standard InChI is InChI=1S/C67H47BN2/c1-46-36-65-67-66(37-46)70(60-42-57(51-28-16-6-17-29-51)39-58(43-60)52-30-18-7-19-31-52)64-35-33-54(48-22-10-3-11-23-48)45-62(64)68(67)61-44-53(47-20-8-2-9-21-47)32-34-63(61)69(65)59-40-55(49-24-12-4-13-25-49)38-56(41-59)50-26-14-5-15-27-50/h2-45H,1H3. The smallest absolute Gasteiger partial charge is 0.252 e. The zero-order valence-electron chi connectivity index (χ0n) is 38.9. The van der Waals surface area contributed by atoms with Gasteiger partial charge in [0.2, 0.25) is 0 Å². The zero-order chi connectivity index (χ0) is 46.5. The fourth-order valence-corrected chi connectivity index (χ4v) is 11.0. The van der Waals surface area contributed by atoms with Crippen LogP contribution < -0.4 is 26.2 Å². The predicted octanol–water partition coefficient (Wildman–Crippen LogP) is 16.1. The number of anilines is 6. The van der Waals surface area contributed by atoms with Gasteiger partial charge in [-0.3, -0.25) is 0 Å². The molecule has 0 amide bonds. The normalized spacial score (nSPS) is 12.3. The van der Waals surface area contributed by atoms with E-state index in [-0.39, 0.29) is 6.71 Å². The topological polar surface area (TPSA) is 6.48 Å². The van der Waals surface area contributed by atoms with Gasteiger partial charge in [-0.25, -0.2) is 0 Å². The van der Waals surface area contributed by atoms with Crippen LogP contribution in [0, 0.1) is 6.92 Å². The van der Waals surface area contributed by atoms with Crippen molar-refractivity contribution in [3.05, 3.63) is 272 Å². The third-order valence-corrected chi connectivity index (χ3v) is 14.2. The van der Waals surface area contributed by atoms with E-state index in [0.29, 0.717) is 0 Å². The van der Waals surface area contributed by atoms with Crippen LogP contribution in [0.3, 0.4) is 0 Å². The maximum absolute atomic E-state index is 2.56. The molecule has 11 aromatic rings. The highest BCUT2D eigenvalue weighted by Gasteiger charge is 2.44. The molecule has 2 heterocycles. The third-order valence-electron chi connectivity index (χ3n) is 14.2. The molecule has 0 spiro atoms. The summed E-state index contributed by atoms with van der Waals surface area (Å²) in [5.74, 6) is 0. The largest absolute Gasteiger partial charge is 0.311 e. The summed E-state index contributed by atoms with van der Waals surface area (Å²) in [6.45, 7) is 2.18. The highest BCUT2D eigenvalue weighted by atomic mass is 15.2. The van der Waals surface area contributed by atoms with E-state index in [1.54, 1.807) is 0 Å². The highest BCUT2D eigenvalue weighted by molar-refractivity contribution is 7.00. The van der Waals surface area contributed by atoms with Gasteiger partial charge in [-0.15, -0.1) is 0 Å². The molecule has 0 saturated heterocycles. The van der Waals surface area contributed by atoms with Crippen molar-refractivity contribution in [2.75, 3.05) is 9.80 Å². The fraction of sp³-hybridized carbons (Fsp3) is 0.0149. The molecule has 0 bridgehead atoms. The Morgan fingerprint density at radius 2 is 0.529 bits per heavy atom. The van der Waals surface area contributed by atoms with Crippen molar-refractivity contribution in [3.63, 3.8) is 0 Å². The number of aryl methyl sites for hydroxylation is 1. The van der Waals surface area contributed by atoms with Gasteiger partial charge in [-0.2, -0.15) is 0 Å². The first-order valence-corrected chi connectivity index (χ1v) is 24.3. The number of nitrogens with zero attached hydrogens (tertiary/aromatic N) is 2. The summed E-state index contributed by atoms with van der Waals surface area (Å²) < 4.78 is 0. The molecule has 0 unspecified atom stereocenters. The van der Waals surface area contributed by atoms with Crippen molar-refractivity contribution in [2.45, 2.75) is 6.92 Å². The Labute approximate surface area is 411 Å². The maximum atomic E-state index is 2.56. The number of hydrogen-bond donors (Lipinski definition) is 0. The van der Waals surface area contributed by atoms with Crippen molar-refractivity contribution >= 4 is 57.2 Å². The number of benzene rings is 11. The van der Waals surface area contributed by atoms with Gasteiger partial charge in [-0.05, 0) is 156 Å². The summed E-state index contributed by atoms with van der Waals surface area (Å²) in [6.07, 6.45) is 0. The lowest BCUT2D eigenvalue weighted by molar-refractivity contribution is 1.24. The predicted molar refractivity (Wildman–Crippen MR) is 298 cm³/mol. The van der Waals surface area contributed by atoms with E-state index >= 15 is 0 Å². The van der Waals surface area contributed by atoms with Crippen LogP contribution in [0.1, 0.15) is 5.56 Å². The molecule has 0 radical (unpaired) electrons. The molecule has 70 heavy (non-hydrogen) atoms. The van der Waals surface area contributed by atoms with Crippen molar-refractivity contribution in [1.29, 1.82) is 0 Å². The third kappa shape index (κ3) is 7.31. The summed E-state index contributed by atoms with van der Waals surface area (Å²) in [4.78, 5) is 5.12. The fourth-order valence-electron chi connectivity index (χ4n) is 11.0. The van der Waals surface area contributed by atoms with E-state index in [0.717, 1.165) is 11.4 Å². The van der Waals surface area contributed by atoms with Gasteiger partial charge in [0.25, 0.3) is 6.71 Å². The highest BCUT2D eigenvalue weighted by Crippen LogP contribution is 2.48. The molecule has 2 nitrogen and oxygen atoms in total. The Morgan fingerprint density at radius 1 is 0.243 bits per heavy atom. The molecule has 0 aromatic heterocycles. The van der Waals surface area contributed by atoms with Gasteiger partial charge in [0.15, 0.2) is 0 Å². The first-order valence-electron chi connectivity index (χ1n) is 24.3. The first-order chi connectivity index (χ1) is 34.6. The summed E-state index contributed by atoms with van der Waals surface area (Å²) >= 11 is 0. The molecule has 0 fully saturated rings. The number of fused-ring (bicyclic) bond motifs is 4. The quantitative estimate of drug-likeness (QED) is 0.140. The lowest BCUT2D eigenvalue weighted by atomic mass is 9.33. The molecular formula is C67H47BN2. The van der Waals surface area contributed by atoms with Gasteiger partial charge in [-0.1, -0.05) is 206 Å². The van der Waals surface area contributed by atoms with E-state index in [1.807, 2.05) is 0 Å². The van der Waals surface area contributed by atoms with Crippen LogP contribution in [0.4, 0.5) is 34.1 Å². The van der Waals surface area contributed by atoms with Crippen molar-refractivity contribution in [2.24, 2.45) is 0 Å². The zero-order valence-corrected chi connectivity index (χ0v) is 38.9. The molecule has 13 rings (SSSR count). The van der Waals surface area contributed by atoms with Crippen LogP contribution in [-0.2, 0) is 0 Å². The molecule has 0 saturated carbocycles. The lowest BCUT2D eigenvalue weighted by Gasteiger charge is -2.45. The van der Waals surface area contributed by atoms with Gasteiger partial charge < -0.3 is 9.80 Å². The second-order valence-corrected chi connectivity index (χ2v) is 18.6. The van der Waals surface area contributed by atoms with Crippen LogP contribution in [0.5, 0.6) is 0 Å². The summed E-state index contributed by atoms with van der Waals surface area (Å²) in [7, 11) is 0. The van der Waals surface area contributed by atoms with Crippen LogP contribution in [0.15, 0.2) is 267 Å². The lowest BCUT2D eigenvalue weighted by Crippen LogP contribution is -2.61. The average Bonchev–Trinajstić information content (AvgIpc) is 3.43. The molecule has 2 aliphatic rings. The van der Waals surface area contributed by atoms with Gasteiger partial charge >= 0.3 is 0 Å². The van der Waals surface area contributed by atoms with Crippen molar-refractivity contribution < 1.29 is 0 Å². The molecule has 0 N–H and O–H groups in total.